The fraction of sp³-hybridized carbons (Fsp3) is 0.133. The highest BCUT2D eigenvalue weighted by molar-refractivity contribution is 7.12. The highest BCUT2D eigenvalue weighted by atomic mass is 32.1. The molecule has 0 aliphatic heterocycles. The Morgan fingerprint density at radius 1 is 1.33 bits per heavy atom. The van der Waals surface area contributed by atoms with Gasteiger partial charge in [-0.3, -0.25) is 9.78 Å². The Labute approximate surface area is 126 Å². The van der Waals surface area contributed by atoms with Crippen molar-refractivity contribution in [2.45, 2.75) is 13.0 Å². The molecule has 0 fully saturated rings. The molecule has 2 heterocycles. The van der Waals surface area contributed by atoms with Gasteiger partial charge >= 0.3 is 5.97 Å². The normalized spacial score (nSPS) is 10.7. The van der Waals surface area contributed by atoms with Crippen LogP contribution in [-0.4, -0.2) is 22.0 Å². The third-order valence-corrected chi connectivity index (χ3v) is 3.67. The average molecular weight is 302 g/mol. The fourth-order valence-electron chi connectivity index (χ4n) is 1.67. The number of rotatable bonds is 6. The van der Waals surface area contributed by atoms with Gasteiger partial charge in [-0.25, -0.2) is 4.79 Å². The lowest BCUT2D eigenvalue weighted by Crippen LogP contribution is -2.24. The van der Waals surface area contributed by atoms with E-state index in [1.165, 1.54) is 17.4 Å². The van der Waals surface area contributed by atoms with Gasteiger partial charge in [0.05, 0.1) is 13.0 Å². The molecule has 1 amide bonds. The number of pyridine rings is 1. The quantitative estimate of drug-likeness (QED) is 0.801. The third kappa shape index (κ3) is 5.19. The van der Waals surface area contributed by atoms with E-state index in [-0.39, 0.29) is 5.91 Å². The number of carbonyl (C=O) groups excluding carboxylic acids is 1. The van der Waals surface area contributed by atoms with Crippen LogP contribution in [0.2, 0.25) is 0 Å². The van der Waals surface area contributed by atoms with Crippen LogP contribution in [0.15, 0.2) is 42.7 Å². The van der Waals surface area contributed by atoms with Gasteiger partial charge in [0.15, 0.2) is 0 Å². The van der Waals surface area contributed by atoms with Crippen LogP contribution in [0.1, 0.15) is 15.3 Å². The topological polar surface area (TPSA) is 79.3 Å². The molecular weight excluding hydrogens is 288 g/mol. The first-order chi connectivity index (χ1) is 10.1. The van der Waals surface area contributed by atoms with E-state index in [9.17, 15) is 9.59 Å². The van der Waals surface area contributed by atoms with E-state index in [0.717, 1.165) is 21.4 Å². The van der Waals surface area contributed by atoms with Gasteiger partial charge in [-0.15, -0.1) is 11.3 Å². The van der Waals surface area contributed by atoms with E-state index in [1.807, 2.05) is 18.2 Å². The highest BCUT2D eigenvalue weighted by Crippen LogP contribution is 2.17. The SMILES string of the molecule is O=C(O)C=Cc1ccc(CNC(=O)Cc2cccnc2)s1. The number of carbonyl (C=O) groups is 2. The number of nitrogens with one attached hydrogen (secondary N) is 1. The molecule has 0 bridgehead atoms. The Balaban J connectivity index is 1.83. The molecule has 0 unspecified atom stereocenters. The van der Waals surface area contributed by atoms with Crippen molar-refractivity contribution in [1.82, 2.24) is 10.3 Å². The zero-order chi connectivity index (χ0) is 15.1. The summed E-state index contributed by atoms with van der Waals surface area (Å²) in [6.07, 6.45) is 6.26. The molecule has 0 aliphatic carbocycles. The molecule has 21 heavy (non-hydrogen) atoms. The number of nitrogens with zero attached hydrogens (tertiary/aromatic N) is 1. The predicted molar refractivity (Wildman–Crippen MR) is 80.8 cm³/mol. The van der Waals surface area contributed by atoms with E-state index >= 15 is 0 Å². The number of hydrogen-bond donors (Lipinski definition) is 2. The molecule has 0 atom stereocenters. The minimum absolute atomic E-state index is 0.0703. The summed E-state index contributed by atoms with van der Waals surface area (Å²) >= 11 is 1.45. The molecule has 2 rings (SSSR count). The number of carboxylic acid groups (broad SMARTS) is 1. The summed E-state index contributed by atoms with van der Waals surface area (Å²) in [5, 5.41) is 11.4. The lowest BCUT2D eigenvalue weighted by Gasteiger charge is -2.03. The van der Waals surface area contributed by atoms with Crippen LogP contribution >= 0.6 is 11.3 Å². The van der Waals surface area contributed by atoms with Crippen LogP contribution in [0.4, 0.5) is 0 Å². The van der Waals surface area contributed by atoms with Crippen molar-refractivity contribution in [3.63, 3.8) is 0 Å². The first-order valence-corrected chi connectivity index (χ1v) is 7.10. The van der Waals surface area contributed by atoms with Gasteiger partial charge in [0.2, 0.25) is 5.91 Å². The number of carboxylic acids is 1. The smallest absolute Gasteiger partial charge is 0.328 e. The summed E-state index contributed by atoms with van der Waals surface area (Å²) in [5.74, 6) is -1.05. The Morgan fingerprint density at radius 3 is 2.90 bits per heavy atom. The van der Waals surface area contributed by atoms with Gasteiger partial charge in [-0.05, 0) is 29.8 Å². The molecule has 108 valence electrons. The zero-order valence-electron chi connectivity index (χ0n) is 11.2. The lowest BCUT2D eigenvalue weighted by atomic mass is 10.2. The highest BCUT2D eigenvalue weighted by Gasteiger charge is 2.04. The zero-order valence-corrected chi connectivity index (χ0v) is 12.0. The number of aromatic nitrogens is 1. The van der Waals surface area contributed by atoms with Crippen LogP contribution in [0.5, 0.6) is 0 Å². The Bertz CT molecular complexity index is 650. The number of hydrogen-bond acceptors (Lipinski definition) is 4. The molecule has 0 saturated carbocycles. The summed E-state index contributed by atoms with van der Waals surface area (Å²) in [6.45, 7) is 0.435. The standard InChI is InChI=1S/C15H14N2O3S/c18-14(8-11-2-1-7-16-9-11)17-10-13-4-3-12(21-13)5-6-15(19)20/h1-7,9H,8,10H2,(H,17,18)(H,19,20). The molecule has 6 heteroatoms. The van der Waals surface area contributed by atoms with Crippen LogP contribution in [0.3, 0.4) is 0 Å². The minimum Gasteiger partial charge on any atom is -0.478 e. The summed E-state index contributed by atoms with van der Waals surface area (Å²) in [6, 6.07) is 7.35. The van der Waals surface area contributed by atoms with Crippen molar-refractivity contribution < 1.29 is 14.7 Å². The molecular formula is C15H14N2O3S. The summed E-state index contributed by atoms with van der Waals surface area (Å²) in [7, 11) is 0. The lowest BCUT2D eigenvalue weighted by molar-refractivity contribution is -0.131. The predicted octanol–water partition coefficient (Wildman–Crippen LogP) is 2.10. The van der Waals surface area contributed by atoms with E-state index in [4.69, 9.17) is 5.11 Å². The third-order valence-electron chi connectivity index (χ3n) is 2.62. The second kappa shape index (κ2) is 7.35. The summed E-state index contributed by atoms with van der Waals surface area (Å²) < 4.78 is 0. The molecule has 2 aromatic heterocycles. The van der Waals surface area contributed by atoms with Crippen LogP contribution in [0, 0.1) is 0 Å². The second-order valence-corrected chi connectivity index (χ2v) is 5.49. The maximum absolute atomic E-state index is 11.8. The van der Waals surface area contributed by atoms with Gasteiger partial charge in [-0.1, -0.05) is 6.07 Å². The van der Waals surface area contributed by atoms with E-state index in [2.05, 4.69) is 10.3 Å². The Hall–Kier alpha value is -2.47. The van der Waals surface area contributed by atoms with E-state index in [1.54, 1.807) is 18.5 Å². The van der Waals surface area contributed by atoms with Gasteiger partial charge in [0, 0.05) is 28.2 Å². The largest absolute Gasteiger partial charge is 0.478 e. The number of amides is 1. The molecule has 2 aromatic rings. The molecule has 5 nitrogen and oxygen atoms in total. The molecule has 2 N–H and O–H groups in total. The molecule has 0 spiro atoms. The van der Waals surface area contributed by atoms with Crippen molar-refractivity contribution in [2.75, 3.05) is 0 Å². The van der Waals surface area contributed by atoms with E-state index in [0.29, 0.717) is 13.0 Å². The number of thiophene rings is 1. The first-order valence-electron chi connectivity index (χ1n) is 6.29. The van der Waals surface area contributed by atoms with Gasteiger partial charge in [0.25, 0.3) is 0 Å². The van der Waals surface area contributed by atoms with Crippen LogP contribution < -0.4 is 5.32 Å². The van der Waals surface area contributed by atoms with Gasteiger partial charge in [0.1, 0.15) is 0 Å². The van der Waals surface area contributed by atoms with Crippen molar-refractivity contribution in [2.24, 2.45) is 0 Å². The summed E-state index contributed by atoms with van der Waals surface area (Å²) in [4.78, 5) is 28.0. The monoisotopic (exact) mass is 302 g/mol. The summed E-state index contributed by atoms with van der Waals surface area (Å²) in [5.41, 5.74) is 0.867. The maximum Gasteiger partial charge on any atom is 0.328 e. The van der Waals surface area contributed by atoms with Crippen molar-refractivity contribution in [3.05, 3.63) is 58.1 Å². The van der Waals surface area contributed by atoms with Crippen LogP contribution in [-0.2, 0) is 22.6 Å². The van der Waals surface area contributed by atoms with Crippen molar-refractivity contribution in [1.29, 1.82) is 0 Å². The van der Waals surface area contributed by atoms with Crippen LogP contribution in [0.25, 0.3) is 6.08 Å². The molecule has 0 aromatic carbocycles. The van der Waals surface area contributed by atoms with Crippen molar-refractivity contribution >= 4 is 29.3 Å². The molecule has 0 aliphatic rings. The van der Waals surface area contributed by atoms with Crippen molar-refractivity contribution in [3.8, 4) is 0 Å². The second-order valence-electron chi connectivity index (χ2n) is 4.29. The van der Waals surface area contributed by atoms with Gasteiger partial charge in [-0.2, -0.15) is 0 Å². The Kier molecular flexibility index (Phi) is 5.22. The fourth-order valence-corrected chi connectivity index (χ4v) is 2.52. The van der Waals surface area contributed by atoms with E-state index < -0.39 is 5.97 Å². The van der Waals surface area contributed by atoms with Gasteiger partial charge < -0.3 is 10.4 Å². The minimum atomic E-state index is -0.977. The molecule has 0 saturated heterocycles. The number of aliphatic carboxylic acids is 1. The average Bonchev–Trinajstić information content (AvgIpc) is 2.92. The molecule has 0 radical (unpaired) electrons. The Morgan fingerprint density at radius 2 is 2.19 bits per heavy atom. The maximum atomic E-state index is 11.8. The first kappa shape index (κ1) is 14.9.